The molecule has 3 rings (SSSR count). The molecule has 2 aromatic rings. The summed E-state index contributed by atoms with van der Waals surface area (Å²) in [6.07, 6.45) is 1.74. The molecule has 0 saturated carbocycles. The van der Waals surface area contributed by atoms with E-state index in [2.05, 4.69) is 10.6 Å². The summed E-state index contributed by atoms with van der Waals surface area (Å²) >= 11 is 1.62. The zero-order valence-corrected chi connectivity index (χ0v) is 15.0. The van der Waals surface area contributed by atoms with Crippen LogP contribution in [0.25, 0.3) is 10.4 Å². The minimum absolute atomic E-state index is 0.294. The maximum absolute atomic E-state index is 12.8. The standard InChI is InChI=1S/C17H20N2O3S2/c1-24(21,22)17(7-9-18-10-8-17)16(20)19-14-5-2-4-13(12-14)15-6-3-11-23-15/h2-6,11-12,18H,7-10H2,1H3,(H,19,20). The third-order valence-corrected chi connectivity index (χ3v) is 7.39. The van der Waals surface area contributed by atoms with Crippen LogP contribution in [0.5, 0.6) is 0 Å². The number of anilines is 1. The second kappa shape index (κ2) is 6.66. The number of carbonyl (C=O) groups is 1. The van der Waals surface area contributed by atoms with Gasteiger partial charge in [0.15, 0.2) is 14.6 Å². The predicted octanol–water partition coefficient (Wildman–Crippen LogP) is 2.52. The molecule has 0 unspecified atom stereocenters. The summed E-state index contributed by atoms with van der Waals surface area (Å²) in [5, 5.41) is 7.93. The molecule has 0 aliphatic carbocycles. The third-order valence-electron chi connectivity index (χ3n) is 4.46. The van der Waals surface area contributed by atoms with Crippen molar-refractivity contribution in [3.63, 3.8) is 0 Å². The number of sulfone groups is 1. The van der Waals surface area contributed by atoms with E-state index in [1.807, 2.05) is 35.7 Å². The van der Waals surface area contributed by atoms with Gasteiger partial charge in [0.25, 0.3) is 0 Å². The van der Waals surface area contributed by atoms with E-state index >= 15 is 0 Å². The lowest BCUT2D eigenvalue weighted by Gasteiger charge is -2.34. The fourth-order valence-corrected chi connectivity index (χ4v) is 5.09. The lowest BCUT2D eigenvalue weighted by atomic mass is 9.95. The minimum Gasteiger partial charge on any atom is -0.325 e. The van der Waals surface area contributed by atoms with Gasteiger partial charge in [0.1, 0.15) is 0 Å². The highest BCUT2D eigenvalue weighted by molar-refractivity contribution is 7.92. The molecule has 0 bridgehead atoms. The number of nitrogens with one attached hydrogen (secondary N) is 2. The van der Waals surface area contributed by atoms with Gasteiger partial charge < -0.3 is 10.6 Å². The average molecular weight is 364 g/mol. The number of rotatable bonds is 4. The van der Waals surface area contributed by atoms with Crippen LogP contribution in [0.2, 0.25) is 0 Å². The second-order valence-corrected chi connectivity index (χ2v) is 9.30. The van der Waals surface area contributed by atoms with Crippen LogP contribution in [0.3, 0.4) is 0 Å². The number of thiophene rings is 1. The number of hydrogen-bond acceptors (Lipinski definition) is 5. The maximum atomic E-state index is 12.8. The molecule has 7 heteroatoms. The molecule has 1 saturated heterocycles. The summed E-state index contributed by atoms with van der Waals surface area (Å²) < 4.78 is 23.3. The molecular formula is C17H20N2O3S2. The quantitative estimate of drug-likeness (QED) is 0.874. The normalized spacial score (nSPS) is 17.4. The Labute approximate surface area is 146 Å². The van der Waals surface area contributed by atoms with Gasteiger partial charge in [-0.1, -0.05) is 18.2 Å². The van der Waals surface area contributed by atoms with Crippen LogP contribution in [0.15, 0.2) is 41.8 Å². The van der Waals surface area contributed by atoms with Crippen LogP contribution < -0.4 is 10.6 Å². The van der Waals surface area contributed by atoms with E-state index < -0.39 is 20.5 Å². The molecule has 0 spiro atoms. The molecule has 5 nitrogen and oxygen atoms in total. The number of piperidine rings is 1. The van der Waals surface area contributed by atoms with E-state index in [9.17, 15) is 13.2 Å². The second-order valence-electron chi connectivity index (χ2n) is 6.03. The van der Waals surface area contributed by atoms with E-state index in [-0.39, 0.29) is 0 Å². The summed E-state index contributed by atoms with van der Waals surface area (Å²) in [6.45, 7) is 1.05. The Morgan fingerprint density at radius 3 is 2.58 bits per heavy atom. The fourth-order valence-electron chi connectivity index (χ4n) is 3.03. The van der Waals surface area contributed by atoms with Crippen LogP contribution in [0.4, 0.5) is 5.69 Å². The van der Waals surface area contributed by atoms with Gasteiger partial charge in [0.2, 0.25) is 5.91 Å². The zero-order valence-electron chi connectivity index (χ0n) is 13.4. The fraction of sp³-hybridized carbons (Fsp3) is 0.353. The summed E-state index contributed by atoms with van der Waals surface area (Å²) in [7, 11) is -3.51. The molecule has 1 fully saturated rings. The first-order valence-corrected chi connectivity index (χ1v) is 10.6. The Kier molecular flexibility index (Phi) is 4.76. The number of hydrogen-bond donors (Lipinski definition) is 2. The van der Waals surface area contributed by atoms with Crippen LogP contribution >= 0.6 is 11.3 Å². The van der Waals surface area contributed by atoms with Gasteiger partial charge in [0, 0.05) is 16.8 Å². The Balaban J connectivity index is 1.87. The van der Waals surface area contributed by atoms with Gasteiger partial charge in [-0.05, 0) is 55.1 Å². The first-order valence-electron chi connectivity index (χ1n) is 7.78. The summed E-state index contributed by atoms with van der Waals surface area (Å²) in [5.74, 6) is -0.435. The zero-order chi connectivity index (χ0) is 17.2. The monoisotopic (exact) mass is 364 g/mol. The molecule has 2 N–H and O–H groups in total. The molecule has 1 aromatic heterocycles. The average Bonchev–Trinajstić information content (AvgIpc) is 3.09. The van der Waals surface area contributed by atoms with Crippen molar-refractivity contribution in [3.8, 4) is 10.4 Å². The van der Waals surface area contributed by atoms with Crippen molar-refractivity contribution in [1.82, 2.24) is 5.32 Å². The number of amides is 1. The summed E-state index contributed by atoms with van der Waals surface area (Å²) in [6, 6.07) is 11.5. The Morgan fingerprint density at radius 1 is 1.21 bits per heavy atom. The van der Waals surface area contributed by atoms with Gasteiger partial charge in [0.05, 0.1) is 0 Å². The predicted molar refractivity (Wildman–Crippen MR) is 98.1 cm³/mol. The molecule has 1 aliphatic rings. The summed E-state index contributed by atoms with van der Waals surface area (Å²) in [4.78, 5) is 13.9. The Hall–Kier alpha value is -1.70. The molecule has 2 heterocycles. The Bertz CT molecular complexity index is 823. The van der Waals surface area contributed by atoms with Crippen LogP contribution in [0.1, 0.15) is 12.8 Å². The van der Waals surface area contributed by atoms with Crippen molar-refractivity contribution < 1.29 is 13.2 Å². The highest BCUT2D eigenvalue weighted by Gasteiger charge is 2.48. The Morgan fingerprint density at radius 2 is 1.96 bits per heavy atom. The van der Waals surface area contributed by atoms with Gasteiger partial charge in [-0.15, -0.1) is 11.3 Å². The molecule has 128 valence electrons. The van der Waals surface area contributed by atoms with E-state index in [1.165, 1.54) is 0 Å². The molecule has 24 heavy (non-hydrogen) atoms. The van der Waals surface area contributed by atoms with Crippen molar-refractivity contribution in [3.05, 3.63) is 41.8 Å². The maximum Gasteiger partial charge on any atom is 0.245 e. The summed E-state index contributed by atoms with van der Waals surface area (Å²) in [5.41, 5.74) is 1.62. The van der Waals surface area contributed by atoms with Crippen molar-refractivity contribution in [2.45, 2.75) is 17.6 Å². The van der Waals surface area contributed by atoms with Crippen molar-refractivity contribution in [1.29, 1.82) is 0 Å². The highest BCUT2D eigenvalue weighted by atomic mass is 32.2. The molecule has 1 aliphatic heterocycles. The lowest BCUT2D eigenvalue weighted by molar-refractivity contribution is -0.119. The van der Waals surface area contributed by atoms with Crippen LogP contribution in [-0.2, 0) is 14.6 Å². The van der Waals surface area contributed by atoms with Crippen LogP contribution in [-0.4, -0.2) is 38.4 Å². The largest absolute Gasteiger partial charge is 0.325 e. The van der Waals surface area contributed by atoms with Gasteiger partial charge >= 0.3 is 0 Å². The number of benzene rings is 1. The highest BCUT2D eigenvalue weighted by Crippen LogP contribution is 2.31. The number of carbonyl (C=O) groups excluding carboxylic acids is 1. The van der Waals surface area contributed by atoms with Crippen molar-refractivity contribution in [2.24, 2.45) is 0 Å². The van der Waals surface area contributed by atoms with Gasteiger partial charge in [-0.25, -0.2) is 8.42 Å². The molecule has 1 amide bonds. The van der Waals surface area contributed by atoms with Crippen molar-refractivity contribution in [2.75, 3.05) is 24.7 Å². The lowest BCUT2D eigenvalue weighted by Crippen LogP contribution is -2.55. The molecule has 0 radical (unpaired) electrons. The topological polar surface area (TPSA) is 75.3 Å². The van der Waals surface area contributed by atoms with Crippen LogP contribution in [0, 0.1) is 0 Å². The smallest absolute Gasteiger partial charge is 0.245 e. The van der Waals surface area contributed by atoms with E-state index in [4.69, 9.17) is 0 Å². The van der Waals surface area contributed by atoms with E-state index in [0.29, 0.717) is 31.6 Å². The van der Waals surface area contributed by atoms with E-state index in [1.54, 1.807) is 17.4 Å². The molecular weight excluding hydrogens is 344 g/mol. The first-order chi connectivity index (χ1) is 11.4. The van der Waals surface area contributed by atoms with Gasteiger partial charge in [-0.3, -0.25) is 4.79 Å². The van der Waals surface area contributed by atoms with E-state index in [0.717, 1.165) is 16.7 Å². The molecule has 0 atom stereocenters. The minimum atomic E-state index is -3.51. The first kappa shape index (κ1) is 17.1. The SMILES string of the molecule is CS(=O)(=O)C1(C(=O)Nc2cccc(-c3cccs3)c2)CCNCC1. The molecule has 1 aromatic carbocycles. The third kappa shape index (κ3) is 3.24. The van der Waals surface area contributed by atoms with Crippen molar-refractivity contribution >= 4 is 32.8 Å². The van der Waals surface area contributed by atoms with Gasteiger partial charge in [-0.2, -0.15) is 0 Å².